The Kier molecular flexibility index (Phi) is 2.10. The van der Waals surface area contributed by atoms with E-state index in [4.69, 9.17) is 0 Å². The second-order valence-electron chi connectivity index (χ2n) is 4.13. The first kappa shape index (κ1) is 9.65. The second kappa shape index (κ2) is 3.05. The van der Waals surface area contributed by atoms with Gasteiger partial charge >= 0.3 is 5.97 Å². The van der Waals surface area contributed by atoms with Crippen LogP contribution in [0.15, 0.2) is 0 Å². The Balaban J connectivity index is 2.24. The van der Waals surface area contributed by atoms with Gasteiger partial charge in [0.25, 0.3) is 0 Å². The van der Waals surface area contributed by atoms with Crippen LogP contribution >= 0.6 is 0 Å². The highest BCUT2D eigenvalue weighted by Gasteiger charge is 2.73. The lowest BCUT2D eigenvalue weighted by atomic mass is 10.00. The normalized spacial score (nSPS) is 40.3. The van der Waals surface area contributed by atoms with Crippen molar-refractivity contribution in [2.75, 3.05) is 13.7 Å². The monoisotopic (exact) mass is 198 g/mol. The number of carbonyl (C=O) groups excluding carboxylic acids is 2. The molecule has 4 heteroatoms. The van der Waals surface area contributed by atoms with E-state index in [1.807, 2.05) is 0 Å². The third-order valence-electron chi connectivity index (χ3n) is 3.62. The molecule has 2 aliphatic carbocycles. The Morgan fingerprint density at radius 3 is 2.93 bits per heavy atom. The molecule has 14 heavy (non-hydrogen) atoms. The molecule has 3 unspecified atom stereocenters. The van der Waals surface area contributed by atoms with Crippen molar-refractivity contribution in [3.05, 3.63) is 0 Å². The van der Waals surface area contributed by atoms with Crippen molar-refractivity contribution in [1.29, 1.82) is 0 Å². The average molecular weight is 198 g/mol. The Morgan fingerprint density at radius 2 is 2.43 bits per heavy atom. The number of methoxy groups -OCH3 is 1. The predicted molar refractivity (Wildman–Crippen MR) is 47.4 cm³/mol. The number of Topliss-reactive ketones (excluding diaryl/α,β-unsaturated/α-hetero) is 1. The number of hydrogen-bond acceptors (Lipinski definition) is 4. The molecule has 2 saturated carbocycles. The molecule has 2 fully saturated rings. The maximum absolute atomic E-state index is 11.5. The van der Waals surface area contributed by atoms with Crippen LogP contribution in [0.25, 0.3) is 0 Å². The van der Waals surface area contributed by atoms with Crippen LogP contribution in [0.1, 0.15) is 19.3 Å². The number of aliphatic hydroxyl groups is 1. The van der Waals surface area contributed by atoms with Gasteiger partial charge in [-0.2, -0.15) is 0 Å². The lowest BCUT2D eigenvalue weighted by Gasteiger charge is -2.10. The van der Waals surface area contributed by atoms with Gasteiger partial charge in [-0.15, -0.1) is 0 Å². The minimum Gasteiger partial charge on any atom is -0.468 e. The fraction of sp³-hybridized carbons (Fsp3) is 0.800. The molecule has 4 nitrogen and oxygen atoms in total. The van der Waals surface area contributed by atoms with E-state index in [1.165, 1.54) is 7.11 Å². The van der Waals surface area contributed by atoms with E-state index in [0.717, 1.165) is 12.8 Å². The van der Waals surface area contributed by atoms with Crippen LogP contribution in [-0.2, 0) is 14.3 Å². The molecular weight excluding hydrogens is 184 g/mol. The summed E-state index contributed by atoms with van der Waals surface area (Å²) in [5.41, 5.74) is -0.887. The van der Waals surface area contributed by atoms with Crippen molar-refractivity contribution in [3.8, 4) is 0 Å². The quantitative estimate of drug-likeness (QED) is 0.641. The minimum absolute atomic E-state index is 0.0289. The lowest BCUT2D eigenvalue weighted by Crippen LogP contribution is -2.26. The van der Waals surface area contributed by atoms with Crippen molar-refractivity contribution >= 4 is 11.8 Å². The summed E-state index contributed by atoms with van der Waals surface area (Å²) in [5, 5.41) is 9.25. The number of carbonyl (C=O) groups is 2. The topological polar surface area (TPSA) is 63.6 Å². The van der Waals surface area contributed by atoms with Crippen LogP contribution in [0.3, 0.4) is 0 Å². The van der Waals surface area contributed by atoms with E-state index in [0.29, 0.717) is 6.42 Å². The van der Waals surface area contributed by atoms with Crippen LogP contribution < -0.4 is 0 Å². The van der Waals surface area contributed by atoms with Crippen LogP contribution in [0, 0.1) is 17.3 Å². The van der Waals surface area contributed by atoms with Gasteiger partial charge in [0.05, 0.1) is 13.7 Å². The van der Waals surface area contributed by atoms with Gasteiger partial charge in [-0.1, -0.05) is 0 Å². The van der Waals surface area contributed by atoms with Crippen LogP contribution in [0.4, 0.5) is 0 Å². The summed E-state index contributed by atoms with van der Waals surface area (Å²) in [5.74, 6) is -0.555. The third kappa shape index (κ3) is 0.974. The Hall–Kier alpha value is -0.900. The predicted octanol–water partition coefficient (Wildman–Crippen LogP) is 0.137. The fourth-order valence-electron chi connectivity index (χ4n) is 2.85. The molecule has 0 aromatic heterocycles. The maximum atomic E-state index is 11.5. The molecule has 0 aromatic rings. The van der Waals surface area contributed by atoms with Crippen LogP contribution in [0.5, 0.6) is 0 Å². The molecule has 0 aromatic carbocycles. The minimum atomic E-state index is -0.887. The smallest absolute Gasteiger partial charge is 0.315 e. The van der Waals surface area contributed by atoms with E-state index in [1.54, 1.807) is 0 Å². The van der Waals surface area contributed by atoms with E-state index >= 15 is 0 Å². The molecule has 78 valence electrons. The van der Waals surface area contributed by atoms with Crippen molar-refractivity contribution in [3.63, 3.8) is 0 Å². The second-order valence-corrected chi connectivity index (χ2v) is 4.13. The Morgan fingerprint density at radius 1 is 1.71 bits per heavy atom. The van der Waals surface area contributed by atoms with Crippen molar-refractivity contribution in [2.45, 2.75) is 19.3 Å². The molecule has 0 bridgehead atoms. The lowest BCUT2D eigenvalue weighted by molar-refractivity contribution is -0.151. The molecule has 2 rings (SSSR count). The molecule has 2 aliphatic rings. The highest BCUT2D eigenvalue weighted by atomic mass is 16.5. The van der Waals surface area contributed by atoms with E-state index in [9.17, 15) is 14.7 Å². The molecule has 1 N–H and O–H groups in total. The molecule has 0 aliphatic heterocycles. The fourth-order valence-corrected chi connectivity index (χ4v) is 2.85. The number of aliphatic hydroxyl groups excluding tert-OH is 1. The summed E-state index contributed by atoms with van der Waals surface area (Å²) in [4.78, 5) is 23.0. The van der Waals surface area contributed by atoms with E-state index < -0.39 is 11.4 Å². The molecule has 3 atom stereocenters. The average Bonchev–Trinajstić information content (AvgIpc) is 2.88. The van der Waals surface area contributed by atoms with Gasteiger partial charge in [0.15, 0.2) is 0 Å². The zero-order chi connectivity index (χ0) is 10.3. The van der Waals surface area contributed by atoms with Gasteiger partial charge in [-0.3, -0.25) is 9.59 Å². The number of fused-ring (bicyclic) bond motifs is 1. The number of hydrogen-bond donors (Lipinski definition) is 1. The highest BCUT2D eigenvalue weighted by molar-refractivity contribution is 5.96. The van der Waals surface area contributed by atoms with E-state index in [-0.39, 0.29) is 24.2 Å². The van der Waals surface area contributed by atoms with Gasteiger partial charge < -0.3 is 9.84 Å². The van der Waals surface area contributed by atoms with Gasteiger partial charge in [-0.25, -0.2) is 0 Å². The van der Waals surface area contributed by atoms with Gasteiger partial charge in [-0.05, 0) is 18.8 Å². The van der Waals surface area contributed by atoms with Crippen LogP contribution in [-0.4, -0.2) is 30.6 Å². The number of rotatable bonds is 2. The first-order valence-corrected chi connectivity index (χ1v) is 4.90. The van der Waals surface area contributed by atoms with Crippen molar-refractivity contribution in [1.82, 2.24) is 0 Å². The molecule has 0 saturated heterocycles. The molecule has 0 radical (unpaired) electrons. The van der Waals surface area contributed by atoms with Crippen molar-refractivity contribution in [2.24, 2.45) is 17.3 Å². The SMILES string of the molecule is COC(=O)C1(CO)C2CCCC(=O)C21. The zero-order valence-electron chi connectivity index (χ0n) is 8.16. The van der Waals surface area contributed by atoms with E-state index in [2.05, 4.69) is 4.74 Å². The Labute approximate surface area is 82.2 Å². The first-order chi connectivity index (χ1) is 6.68. The van der Waals surface area contributed by atoms with Crippen molar-refractivity contribution < 1.29 is 19.4 Å². The number of ketones is 1. The zero-order valence-corrected chi connectivity index (χ0v) is 8.16. The Bertz CT molecular complexity index is 286. The molecule has 0 heterocycles. The molecule has 0 amide bonds. The number of ether oxygens (including phenoxy) is 1. The highest BCUT2D eigenvalue weighted by Crippen LogP contribution is 2.64. The van der Waals surface area contributed by atoms with Crippen LogP contribution in [0.2, 0.25) is 0 Å². The molecule has 0 spiro atoms. The van der Waals surface area contributed by atoms with Gasteiger partial charge in [0.1, 0.15) is 11.2 Å². The molecular formula is C10H14O4. The maximum Gasteiger partial charge on any atom is 0.315 e. The summed E-state index contributed by atoms with van der Waals surface area (Å²) in [6.07, 6.45) is 2.23. The summed E-state index contributed by atoms with van der Waals surface area (Å²) >= 11 is 0. The summed E-state index contributed by atoms with van der Waals surface area (Å²) in [6, 6.07) is 0. The largest absolute Gasteiger partial charge is 0.468 e. The summed E-state index contributed by atoms with van der Waals surface area (Å²) in [7, 11) is 1.30. The summed E-state index contributed by atoms with van der Waals surface area (Å²) < 4.78 is 4.66. The number of esters is 1. The summed E-state index contributed by atoms with van der Waals surface area (Å²) in [6.45, 7) is -0.263. The van der Waals surface area contributed by atoms with Gasteiger partial charge in [0, 0.05) is 12.3 Å². The standard InChI is InChI=1S/C10H14O4/c1-14-9(13)10(5-11)6-3-2-4-7(12)8(6)10/h6,8,11H,2-5H2,1H3. The van der Waals surface area contributed by atoms with Gasteiger partial charge in [0.2, 0.25) is 0 Å². The first-order valence-electron chi connectivity index (χ1n) is 4.90. The third-order valence-corrected chi connectivity index (χ3v) is 3.62.